The van der Waals surface area contributed by atoms with E-state index in [0.29, 0.717) is 16.1 Å². The summed E-state index contributed by atoms with van der Waals surface area (Å²) >= 11 is 6.05. The zero-order valence-electron chi connectivity index (χ0n) is 11.8. The lowest BCUT2D eigenvalue weighted by molar-refractivity contribution is 1.07. The third-order valence-electron chi connectivity index (χ3n) is 3.40. The number of anilines is 1. The van der Waals surface area contributed by atoms with Crippen molar-refractivity contribution >= 4 is 28.2 Å². The molecule has 0 saturated heterocycles. The number of rotatable bonds is 3. The van der Waals surface area contributed by atoms with Gasteiger partial charge in [0.05, 0.1) is 10.5 Å². The number of nitrogens with one attached hydrogen (secondary N) is 3. The molecule has 114 valence electrons. The lowest BCUT2D eigenvalue weighted by Gasteiger charge is -2.07. The van der Waals surface area contributed by atoms with Crippen LogP contribution in [0.5, 0.6) is 0 Å². The molecule has 0 saturated carbocycles. The molecule has 0 amide bonds. The normalized spacial score (nSPS) is 10.4. The highest BCUT2D eigenvalue weighted by Gasteiger charge is 2.07. The Labute approximate surface area is 135 Å². The molecule has 3 aromatic rings. The molecule has 3 N–H and O–H groups in total. The second kappa shape index (κ2) is 5.99. The number of fused-ring (bicyclic) bond motifs is 1. The zero-order valence-corrected chi connectivity index (χ0v) is 12.6. The molecule has 7 heteroatoms. The minimum atomic E-state index is -0.413. The van der Waals surface area contributed by atoms with Crippen LogP contribution in [0, 0.1) is 11.3 Å². The van der Waals surface area contributed by atoms with Crippen LogP contribution in [0.25, 0.3) is 10.9 Å². The molecular formula is C16H11ClN4O2. The van der Waals surface area contributed by atoms with E-state index in [1.54, 1.807) is 18.2 Å². The molecular weight excluding hydrogens is 316 g/mol. The number of hydrogen-bond acceptors (Lipinski definition) is 4. The van der Waals surface area contributed by atoms with Gasteiger partial charge in [0.1, 0.15) is 17.5 Å². The minimum Gasteiger partial charge on any atom is -0.376 e. The molecule has 0 aliphatic carbocycles. The fourth-order valence-electron chi connectivity index (χ4n) is 2.24. The molecule has 0 unspecified atom stereocenters. The summed E-state index contributed by atoms with van der Waals surface area (Å²) in [6, 6.07) is 11.9. The molecule has 0 fully saturated rings. The summed E-state index contributed by atoms with van der Waals surface area (Å²) in [6.07, 6.45) is 0. The minimum absolute atomic E-state index is 0.173. The summed E-state index contributed by atoms with van der Waals surface area (Å²) in [5.41, 5.74) is 0.837. The zero-order chi connectivity index (χ0) is 16.4. The molecule has 0 radical (unpaired) electrons. The topological polar surface area (TPSA) is 102 Å². The average molecular weight is 327 g/mol. The quantitative estimate of drug-likeness (QED) is 0.687. The second-order valence-electron chi connectivity index (χ2n) is 4.91. The molecule has 23 heavy (non-hydrogen) atoms. The Bertz CT molecular complexity index is 1050. The predicted molar refractivity (Wildman–Crippen MR) is 88.7 cm³/mol. The summed E-state index contributed by atoms with van der Waals surface area (Å²) in [5, 5.41) is 12.9. The molecule has 3 rings (SSSR count). The molecule has 0 aliphatic heterocycles. The maximum absolute atomic E-state index is 12.1. The molecule has 0 atom stereocenters. The third-order valence-corrected chi connectivity index (χ3v) is 3.72. The summed E-state index contributed by atoms with van der Waals surface area (Å²) in [6.45, 7) is 0.173. The van der Waals surface area contributed by atoms with E-state index in [4.69, 9.17) is 16.9 Å². The van der Waals surface area contributed by atoms with Gasteiger partial charge in [-0.1, -0.05) is 23.7 Å². The number of halogens is 1. The number of pyridine rings is 2. The van der Waals surface area contributed by atoms with Crippen molar-refractivity contribution in [3.63, 3.8) is 0 Å². The lowest BCUT2D eigenvalue weighted by Crippen LogP contribution is -2.19. The van der Waals surface area contributed by atoms with Crippen LogP contribution in [-0.2, 0) is 6.54 Å². The third kappa shape index (κ3) is 2.96. The van der Waals surface area contributed by atoms with E-state index in [1.807, 2.05) is 12.1 Å². The van der Waals surface area contributed by atoms with Crippen molar-refractivity contribution in [2.45, 2.75) is 6.54 Å². The SMILES string of the molecule is N#Cc1ccc(NCc2cc3cccc(Cl)c3[nH]c2=O)c(=O)[nH]1. The summed E-state index contributed by atoms with van der Waals surface area (Å²) in [4.78, 5) is 29.1. The van der Waals surface area contributed by atoms with Crippen LogP contribution in [0.15, 0.2) is 46.0 Å². The Hall–Kier alpha value is -3.04. The number of para-hydroxylation sites is 1. The largest absolute Gasteiger partial charge is 0.376 e. The summed E-state index contributed by atoms with van der Waals surface area (Å²) < 4.78 is 0. The van der Waals surface area contributed by atoms with Crippen molar-refractivity contribution in [2.24, 2.45) is 0 Å². The van der Waals surface area contributed by atoms with Gasteiger partial charge in [-0.15, -0.1) is 0 Å². The molecule has 1 aromatic carbocycles. The highest BCUT2D eigenvalue weighted by atomic mass is 35.5. The van der Waals surface area contributed by atoms with Crippen LogP contribution in [-0.4, -0.2) is 9.97 Å². The van der Waals surface area contributed by atoms with E-state index in [9.17, 15) is 9.59 Å². The van der Waals surface area contributed by atoms with Crippen LogP contribution < -0.4 is 16.4 Å². The fourth-order valence-corrected chi connectivity index (χ4v) is 2.47. The maximum Gasteiger partial charge on any atom is 0.272 e. The van der Waals surface area contributed by atoms with Gasteiger partial charge >= 0.3 is 0 Å². The number of aromatic amines is 2. The van der Waals surface area contributed by atoms with Gasteiger partial charge < -0.3 is 15.3 Å². The van der Waals surface area contributed by atoms with Gasteiger partial charge in [-0.25, -0.2) is 0 Å². The summed E-state index contributed by atoms with van der Waals surface area (Å²) in [7, 11) is 0. The van der Waals surface area contributed by atoms with Crippen LogP contribution in [0.4, 0.5) is 5.69 Å². The highest BCUT2D eigenvalue weighted by molar-refractivity contribution is 6.35. The Kier molecular flexibility index (Phi) is 3.87. The number of nitrogens with zero attached hydrogens (tertiary/aromatic N) is 1. The Morgan fingerprint density at radius 1 is 1.13 bits per heavy atom. The molecule has 0 spiro atoms. The van der Waals surface area contributed by atoms with E-state index in [2.05, 4.69) is 15.3 Å². The van der Waals surface area contributed by atoms with E-state index in [0.717, 1.165) is 5.39 Å². The van der Waals surface area contributed by atoms with Crippen LogP contribution in [0.2, 0.25) is 5.02 Å². The van der Waals surface area contributed by atoms with E-state index >= 15 is 0 Å². The van der Waals surface area contributed by atoms with E-state index in [-0.39, 0.29) is 23.5 Å². The number of aromatic nitrogens is 2. The first-order valence-electron chi connectivity index (χ1n) is 6.76. The monoisotopic (exact) mass is 326 g/mol. The fraction of sp³-hybridized carbons (Fsp3) is 0.0625. The first-order chi connectivity index (χ1) is 11.1. The van der Waals surface area contributed by atoms with Crippen molar-refractivity contribution in [2.75, 3.05) is 5.32 Å². The molecule has 0 aliphatic rings. The number of benzene rings is 1. The van der Waals surface area contributed by atoms with Crippen molar-refractivity contribution in [3.05, 3.63) is 73.4 Å². The van der Waals surface area contributed by atoms with Crippen LogP contribution in [0.3, 0.4) is 0 Å². The van der Waals surface area contributed by atoms with Crippen molar-refractivity contribution in [3.8, 4) is 6.07 Å². The highest BCUT2D eigenvalue weighted by Crippen LogP contribution is 2.20. The Morgan fingerprint density at radius 3 is 2.70 bits per heavy atom. The van der Waals surface area contributed by atoms with Gasteiger partial charge in [-0.3, -0.25) is 9.59 Å². The van der Waals surface area contributed by atoms with Crippen molar-refractivity contribution in [1.29, 1.82) is 5.26 Å². The van der Waals surface area contributed by atoms with Gasteiger partial charge in [0, 0.05) is 17.5 Å². The van der Waals surface area contributed by atoms with Gasteiger partial charge in [-0.05, 0) is 24.3 Å². The summed E-state index contributed by atoms with van der Waals surface area (Å²) in [5.74, 6) is 0. The Morgan fingerprint density at radius 2 is 1.96 bits per heavy atom. The Balaban J connectivity index is 1.91. The maximum atomic E-state index is 12.1. The van der Waals surface area contributed by atoms with Crippen molar-refractivity contribution < 1.29 is 0 Å². The second-order valence-corrected chi connectivity index (χ2v) is 5.32. The predicted octanol–water partition coefficient (Wildman–Crippen LogP) is 2.35. The van der Waals surface area contributed by atoms with Gasteiger partial charge in [0.15, 0.2) is 0 Å². The first kappa shape index (κ1) is 14.9. The molecule has 2 aromatic heterocycles. The van der Waals surface area contributed by atoms with Gasteiger partial charge in [0.2, 0.25) is 0 Å². The number of nitriles is 1. The average Bonchev–Trinajstić information content (AvgIpc) is 2.54. The van der Waals surface area contributed by atoms with Crippen LogP contribution in [0.1, 0.15) is 11.3 Å². The van der Waals surface area contributed by atoms with Crippen LogP contribution >= 0.6 is 11.6 Å². The van der Waals surface area contributed by atoms with E-state index in [1.165, 1.54) is 12.1 Å². The lowest BCUT2D eigenvalue weighted by atomic mass is 10.1. The number of H-pyrrole nitrogens is 2. The number of hydrogen-bond donors (Lipinski definition) is 3. The molecule has 6 nitrogen and oxygen atoms in total. The first-order valence-corrected chi connectivity index (χ1v) is 7.14. The molecule has 2 heterocycles. The van der Waals surface area contributed by atoms with Crippen molar-refractivity contribution in [1.82, 2.24) is 9.97 Å². The van der Waals surface area contributed by atoms with Gasteiger partial charge in [-0.2, -0.15) is 5.26 Å². The van der Waals surface area contributed by atoms with Gasteiger partial charge in [0.25, 0.3) is 11.1 Å². The smallest absolute Gasteiger partial charge is 0.272 e. The van der Waals surface area contributed by atoms with E-state index < -0.39 is 5.56 Å². The standard InChI is InChI=1S/C16H11ClN4O2/c17-12-3-1-2-9-6-10(15(22)21-14(9)12)8-19-13-5-4-11(7-18)20-16(13)23/h1-6,19H,8H2,(H,20,23)(H,21,22). The molecule has 0 bridgehead atoms.